The van der Waals surface area contributed by atoms with E-state index in [1.807, 2.05) is 0 Å². The number of ether oxygens (including phenoxy) is 2. The summed E-state index contributed by atoms with van der Waals surface area (Å²) < 4.78 is 7.28. The number of hydrogen-bond donors (Lipinski definition) is 0. The quantitative estimate of drug-likeness (QED) is 0.416. The van der Waals surface area contributed by atoms with Gasteiger partial charge in [0.05, 0.1) is 0 Å². The molecule has 2 aliphatic rings. The van der Waals surface area contributed by atoms with Crippen LogP contribution in [-0.2, 0) is 9.47 Å². The predicted molar refractivity (Wildman–Crippen MR) is 40.7 cm³/mol. The summed E-state index contributed by atoms with van der Waals surface area (Å²) in [6.07, 6.45) is 7.17. The monoisotopic (exact) mass is 172 g/mol. The lowest BCUT2D eigenvalue weighted by molar-refractivity contribution is 0.00679. The van der Waals surface area contributed by atoms with Crippen molar-refractivity contribution in [2.24, 2.45) is 0 Å². The zero-order valence-electron chi connectivity index (χ0n) is 6.88. The number of carbonyl (C=O) groups excluding carboxylic acids is 2. The predicted octanol–water partition coefficient (Wildman–Crippen LogP) is 2.61. The highest BCUT2D eigenvalue weighted by molar-refractivity contribution is 5.93. The maximum Gasteiger partial charge on any atom is 0.528 e. The van der Waals surface area contributed by atoms with E-state index in [1.54, 1.807) is 0 Å². The zero-order valence-corrected chi connectivity index (χ0v) is 6.88. The molecule has 1 aliphatic carbocycles. The van der Waals surface area contributed by atoms with E-state index in [0.29, 0.717) is 0 Å². The molecule has 0 radical (unpaired) electrons. The summed E-state index contributed by atoms with van der Waals surface area (Å²) in [6, 6.07) is 0. The van der Waals surface area contributed by atoms with E-state index in [2.05, 4.69) is 9.47 Å². The van der Waals surface area contributed by atoms with Crippen LogP contribution < -0.4 is 0 Å². The van der Waals surface area contributed by atoms with Crippen LogP contribution in [0.15, 0.2) is 0 Å². The van der Waals surface area contributed by atoms with Crippen LogP contribution in [0.1, 0.15) is 38.5 Å². The van der Waals surface area contributed by atoms with Gasteiger partial charge in [-0.25, -0.2) is 9.59 Å². The molecule has 0 aromatic rings. The molecule has 2 fully saturated rings. The van der Waals surface area contributed by atoms with Gasteiger partial charge in [0.1, 0.15) is 0 Å². The summed E-state index contributed by atoms with van der Waals surface area (Å²) in [4.78, 5) is 18.9. The van der Waals surface area contributed by atoms with Crippen LogP contribution in [0.5, 0.6) is 0 Å². The molecule has 0 amide bonds. The van der Waals surface area contributed by atoms with Crippen LogP contribution in [0.2, 0.25) is 0 Å². The summed E-state index contributed by atoms with van der Waals surface area (Å²) in [5, 5.41) is 0. The molecule has 0 spiro atoms. The van der Waals surface area contributed by atoms with E-state index >= 15 is 0 Å². The maximum atomic E-state index is 9.44. The van der Waals surface area contributed by atoms with Crippen LogP contribution in [0.25, 0.3) is 0 Å². The molecular weight excluding hydrogens is 160 g/mol. The van der Waals surface area contributed by atoms with Crippen molar-refractivity contribution in [3.8, 4) is 0 Å². The first-order chi connectivity index (χ1) is 5.79. The van der Waals surface area contributed by atoms with Crippen molar-refractivity contribution < 1.29 is 19.1 Å². The number of carbonyl (C=O) groups is 2. The highest BCUT2D eigenvalue weighted by Crippen LogP contribution is 2.15. The van der Waals surface area contributed by atoms with Crippen molar-refractivity contribution in [2.45, 2.75) is 38.5 Å². The fourth-order valence-electron chi connectivity index (χ4n) is 1.20. The van der Waals surface area contributed by atoms with Crippen molar-refractivity contribution in [1.82, 2.24) is 0 Å². The second kappa shape index (κ2) is 4.74. The summed E-state index contributed by atoms with van der Waals surface area (Å²) >= 11 is 0. The summed E-state index contributed by atoms with van der Waals surface area (Å²) in [6.45, 7) is 0. The van der Waals surface area contributed by atoms with Crippen LogP contribution in [0.4, 0.5) is 9.59 Å². The third kappa shape index (κ3) is 3.37. The molecule has 4 heteroatoms. The highest BCUT2D eigenvalue weighted by Gasteiger charge is 2.27. The fourth-order valence-corrected chi connectivity index (χ4v) is 1.20. The summed E-state index contributed by atoms with van der Waals surface area (Å²) in [7, 11) is 0. The molecule has 0 bridgehead atoms. The Morgan fingerprint density at radius 2 is 0.917 bits per heavy atom. The lowest BCUT2D eigenvalue weighted by Crippen LogP contribution is -2.27. The normalized spacial score (nSPS) is 21.0. The zero-order chi connectivity index (χ0) is 8.81. The molecular formula is C8H12O4. The first-order valence-corrected chi connectivity index (χ1v) is 4.22. The number of rotatable bonds is 0. The Morgan fingerprint density at radius 3 is 1.00 bits per heavy atom. The Bertz CT molecular complexity index is 138. The largest absolute Gasteiger partial charge is 0.528 e. The van der Waals surface area contributed by atoms with Gasteiger partial charge in [0, 0.05) is 0 Å². The molecule has 1 heterocycles. The minimum Gasteiger partial charge on any atom is -0.327 e. The van der Waals surface area contributed by atoms with Gasteiger partial charge in [-0.1, -0.05) is 38.5 Å². The Hall–Kier alpha value is -1.06. The molecule has 0 aromatic heterocycles. The van der Waals surface area contributed by atoms with Crippen molar-refractivity contribution >= 4 is 12.3 Å². The van der Waals surface area contributed by atoms with E-state index in [0.717, 1.165) is 0 Å². The molecule has 0 aromatic carbocycles. The molecule has 1 aliphatic heterocycles. The standard InChI is InChI=1S/C6H12.C2O4/c1-2-4-6-5-3-1;3-1-5-2(4)6-1/h1-6H2;. The van der Waals surface area contributed by atoms with Crippen LogP contribution in [-0.4, -0.2) is 12.3 Å². The molecule has 12 heavy (non-hydrogen) atoms. The third-order valence-electron chi connectivity index (χ3n) is 1.83. The Balaban J connectivity index is 0.000000120. The lowest BCUT2D eigenvalue weighted by Gasteiger charge is -2.05. The summed E-state index contributed by atoms with van der Waals surface area (Å²) in [5.41, 5.74) is 0. The van der Waals surface area contributed by atoms with Crippen molar-refractivity contribution in [3.05, 3.63) is 0 Å². The van der Waals surface area contributed by atoms with Crippen LogP contribution in [0, 0.1) is 0 Å². The fraction of sp³-hybridized carbons (Fsp3) is 0.750. The Kier molecular flexibility index (Phi) is 3.57. The second-order valence-corrected chi connectivity index (χ2v) is 2.83. The van der Waals surface area contributed by atoms with Gasteiger partial charge >= 0.3 is 12.3 Å². The number of hydrogen-bond acceptors (Lipinski definition) is 4. The minimum atomic E-state index is -0.917. The van der Waals surface area contributed by atoms with Gasteiger partial charge in [-0.05, 0) is 0 Å². The molecule has 0 atom stereocenters. The Morgan fingerprint density at radius 1 is 0.667 bits per heavy atom. The van der Waals surface area contributed by atoms with E-state index in [1.165, 1.54) is 38.5 Å². The van der Waals surface area contributed by atoms with Gasteiger partial charge in [0.2, 0.25) is 0 Å². The second-order valence-electron chi connectivity index (χ2n) is 2.83. The van der Waals surface area contributed by atoms with Gasteiger partial charge < -0.3 is 9.47 Å². The molecule has 0 unspecified atom stereocenters. The molecule has 1 saturated heterocycles. The average molecular weight is 172 g/mol. The van der Waals surface area contributed by atoms with E-state index in [9.17, 15) is 9.59 Å². The summed E-state index contributed by atoms with van der Waals surface area (Å²) in [5.74, 6) is 0. The molecule has 4 nitrogen and oxygen atoms in total. The van der Waals surface area contributed by atoms with Gasteiger partial charge in [0.25, 0.3) is 0 Å². The number of cyclic esters (lactones) is 4. The van der Waals surface area contributed by atoms with Crippen molar-refractivity contribution in [2.75, 3.05) is 0 Å². The van der Waals surface area contributed by atoms with E-state index in [4.69, 9.17) is 0 Å². The average Bonchev–Trinajstić information content (AvgIpc) is 2.07. The van der Waals surface area contributed by atoms with Gasteiger partial charge in [0.15, 0.2) is 0 Å². The third-order valence-corrected chi connectivity index (χ3v) is 1.83. The topological polar surface area (TPSA) is 52.6 Å². The molecule has 68 valence electrons. The van der Waals surface area contributed by atoms with Gasteiger partial charge in [-0.15, -0.1) is 0 Å². The van der Waals surface area contributed by atoms with Crippen LogP contribution in [0.3, 0.4) is 0 Å². The molecule has 1 saturated carbocycles. The van der Waals surface area contributed by atoms with E-state index in [-0.39, 0.29) is 0 Å². The van der Waals surface area contributed by atoms with Gasteiger partial charge in [-0.3, -0.25) is 0 Å². The first kappa shape index (κ1) is 9.03. The molecule has 2 rings (SSSR count). The maximum absolute atomic E-state index is 9.44. The van der Waals surface area contributed by atoms with Gasteiger partial charge in [-0.2, -0.15) is 0 Å². The van der Waals surface area contributed by atoms with Crippen molar-refractivity contribution in [1.29, 1.82) is 0 Å². The lowest BCUT2D eigenvalue weighted by atomic mass is 10.0. The first-order valence-electron chi connectivity index (χ1n) is 4.22. The highest BCUT2D eigenvalue weighted by atomic mass is 16.9. The minimum absolute atomic E-state index is 0.917. The van der Waals surface area contributed by atoms with Crippen molar-refractivity contribution in [3.63, 3.8) is 0 Å². The smallest absolute Gasteiger partial charge is 0.327 e. The molecule has 0 N–H and O–H groups in total. The SMILES string of the molecule is C1CCCCC1.O=C1OC(=O)O1. The van der Waals surface area contributed by atoms with Crippen LogP contribution >= 0.6 is 0 Å². The Labute approximate surface area is 70.8 Å². The van der Waals surface area contributed by atoms with E-state index < -0.39 is 12.3 Å².